The van der Waals surface area contributed by atoms with Crippen LogP contribution in [0.15, 0.2) is 0 Å². The molecule has 13 heavy (non-hydrogen) atoms. The van der Waals surface area contributed by atoms with Gasteiger partial charge in [0.05, 0.1) is 0 Å². The maximum atomic E-state index is 2.46. The molecule has 0 bridgehead atoms. The van der Waals surface area contributed by atoms with Crippen molar-refractivity contribution in [3.63, 3.8) is 0 Å². The lowest BCUT2D eigenvalue weighted by Crippen LogP contribution is -2.16. The predicted octanol–water partition coefficient (Wildman–Crippen LogP) is 4.35. The molecule has 1 saturated carbocycles. The van der Waals surface area contributed by atoms with Crippen LogP contribution in [-0.2, 0) is 0 Å². The van der Waals surface area contributed by atoms with Crippen LogP contribution in [0.1, 0.15) is 53.9 Å². The lowest BCUT2D eigenvalue weighted by atomic mass is 9.81. The molecule has 1 aliphatic carbocycles. The van der Waals surface area contributed by atoms with Gasteiger partial charge in [0.25, 0.3) is 0 Å². The zero-order valence-corrected chi connectivity index (χ0v) is 10.0. The minimum atomic E-state index is 0.948. The van der Waals surface area contributed by atoms with E-state index in [0.717, 1.165) is 29.6 Å². The van der Waals surface area contributed by atoms with Gasteiger partial charge in [-0.15, -0.1) is 0 Å². The molecule has 1 fully saturated rings. The number of hydrogen-bond donors (Lipinski definition) is 0. The summed E-state index contributed by atoms with van der Waals surface area (Å²) in [5.41, 5.74) is 0. The van der Waals surface area contributed by atoms with Gasteiger partial charge in [-0.3, -0.25) is 0 Å². The second kappa shape index (κ2) is 4.48. The van der Waals surface area contributed by atoms with Gasteiger partial charge in [-0.25, -0.2) is 0 Å². The Morgan fingerprint density at radius 1 is 1.15 bits per heavy atom. The maximum absolute atomic E-state index is 2.46. The summed E-state index contributed by atoms with van der Waals surface area (Å²) in [5.74, 6) is 4.82. The summed E-state index contributed by atoms with van der Waals surface area (Å²) in [6, 6.07) is 0. The van der Waals surface area contributed by atoms with E-state index in [1.54, 1.807) is 0 Å². The summed E-state index contributed by atoms with van der Waals surface area (Å²) < 4.78 is 0. The number of hydrogen-bond acceptors (Lipinski definition) is 0. The molecule has 0 spiro atoms. The highest BCUT2D eigenvalue weighted by molar-refractivity contribution is 4.86. The average molecular weight is 182 g/mol. The van der Waals surface area contributed by atoms with Crippen molar-refractivity contribution in [3.8, 4) is 0 Å². The monoisotopic (exact) mass is 182 g/mol. The molecule has 0 amide bonds. The van der Waals surface area contributed by atoms with Gasteiger partial charge in [0, 0.05) is 0 Å². The van der Waals surface area contributed by atoms with E-state index in [0.29, 0.717) is 0 Å². The third-order valence-electron chi connectivity index (χ3n) is 4.52. The molecule has 0 radical (unpaired) electrons. The Labute approximate surface area is 84.1 Å². The smallest absolute Gasteiger partial charge is 0.0357 e. The molecule has 0 aromatic heterocycles. The molecule has 1 rings (SSSR count). The first-order chi connectivity index (χ1) is 6.07. The van der Waals surface area contributed by atoms with Crippen LogP contribution in [0.5, 0.6) is 0 Å². The van der Waals surface area contributed by atoms with E-state index in [4.69, 9.17) is 0 Å². The first-order valence-electron chi connectivity index (χ1n) is 6.07. The van der Waals surface area contributed by atoms with Crippen molar-refractivity contribution < 1.29 is 0 Å². The van der Waals surface area contributed by atoms with E-state index in [9.17, 15) is 0 Å². The zero-order valence-electron chi connectivity index (χ0n) is 10.0. The van der Waals surface area contributed by atoms with Crippen molar-refractivity contribution >= 4 is 0 Å². The second-order valence-corrected chi connectivity index (χ2v) is 5.36. The van der Waals surface area contributed by atoms with Gasteiger partial charge < -0.3 is 0 Å². The third-order valence-corrected chi connectivity index (χ3v) is 4.52. The molecule has 1 aliphatic rings. The van der Waals surface area contributed by atoms with E-state index in [2.05, 4.69) is 34.6 Å². The molecule has 0 saturated heterocycles. The van der Waals surface area contributed by atoms with Crippen molar-refractivity contribution in [1.82, 2.24) is 0 Å². The van der Waals surface area contributed by atoms with Crippen molar-refractivity contribution in [3.05, 3.63) is 0 Å². The van der Waals surface area contributed by atoms with Crippen molar-refractivity contribution in [2.24, 2.45) is 29.6 Å². The Morgan fingerprint density at radius 3 is 2.15 bits per heavy atom. The van der Waals surface area contributed by atoms with Crippen molar-refractivity contribution in [1.29, 1.82) is 0 Å². The van der Waals surface area contributed by atoms with Crippen LogP contribution in [0.3, 0.4) is 0 Å². The van der Waals surface area contributed by atoms with E-state index < -0.39 is 0 Å². The predicted molar refractivity (Wildman–Crippen MR) is 59.7 cm³/mol. The van der Waals surface area contributed by atoms with Gasteiger partial charge in [0.2, 0.25) is 0 Å². The first kappa shape index (κ1) is 11.1. The highest BCUT2D eigenvalue weighted by Crippen LogP contribution is 2.45. The summed E-state index contributed by atoms with van der Waals surface area (Å²) in [6.07, 6.45) is 4.26. The Morgan fingerprint density at radius 2 is 1.77 bits per heavy atom. The quantitative estimate of drug-likeness (QED) is 0.608. The van der Waals surface area contributed by atoms with Gasteiger partial charge in [-0.2, -0.15) is 0 Å². The maximum Gasteiger partial charge on any atom is -0.0357 e. The summed E-state index contributed by atoms with van der Waals surface area (Å²) in [4.78, 5) is 0. The molecule has 0 heterocycles. The second-order valence-electron chi connectivity index (χ2n) is 5.36. The Bertz CT molecular complexity index is 150. The zero-order chi connectivity index (χ0) is 10.0. The van der Waals surface area contributed by atoms with E-state index >= 15 is 0 Å². The third kappa shape index (κ3) is 2.27. The van der Waals surface area contributed by atoms with Gasteiger partial charge >= 0.3 is 0 Å². The van der Waals surface area contributed by atoms with Crippen LogP contribution >= 0.6 is 0 Å². The highest BCUT2D eigenvalue weighted by atomic mass is 14.4. The fourth-order valence-corrected chi connectivity index (χ4v) is 3.19. The van der Waals surface area contributed by atoms with E-state index in [-0.39, 0.29) is 0 Å². The van der Waals surface area contributed by atoms with Gasteiger partial charge in [0.15, 0.2) is 0 Å². The molecule has 0 aromatic rings. The van der Waals surface area contributed by atoms with Crippen LogP contribution in [-0.4, -0.2) is 0 Å². The number of rotatable bonds is 3. The SMILES string of the molecule is CCCC(C)C1CC(C)C(C)C1C. The molecule has 0 heteroatoms. The van der Waals surface area contributed by atoms with Crippen LogP contribution in [0.2, 0.25) is 0 Å². The molecule has 0 aromatic carbocycles. The Hall–Kier alpha value is 0. The van der Waals surface area contributed by atoms with Crippen LogP contribution in [0.4, 0.5) is 0 Å². The average Bonchev–Trinajstić information content (AvgIpc) is 2.33. The molecular weight excluding hydrogens is 156 g/mol. The topological polar surface area (TPSA) is 0 Å². The lowest BCUT2D eigenvalue weighted by molar-refractivity contribution is 0.253. The summed E-state index contributed by atoms with van der Waals surface area (Å²) in [6.45, 7) is 12.1. The van der Waals surface area contributed by atoms with Crippen LogP contribution in [0.25, 0.3) is 0 Å². The summed E-state index contributed by atoms with van der Waals surface area (Å²) in [5, 5.41) is 0. The highest BCUT2D eigenvalue weighted by Gasteiger charge is 2.37. The normalized spacial score (nSPS) is 42.2. The Balaban J connectivity index is 2.52. The van der Waals surface area contributed by atoms with Crippen LogP contribution in [0, 0.1) is 29.6 Å². The lowest BCUT2D eigenvalue weighted by Gasteiger charge is -2.24. The standard InChI is InChI=1S/C13H26/c1-6-7-9(2)13-8-10(3)11(4)12(13)5/h9-13H,6-8H2,1-5H3. The molecule has 0 N–H and O–H groups in total. The van der Waals surface area contributed by atoms with E-state index in [1.807, 2.05) is 0 Å². The summed E-state index contributed by atoms with van der Waals surface area (Å²) >= 11 is 0. The van der Waals surface area contributed by atoms with Crippen LogP contribution < -0.4 is 0 Å². The molecule has 78 valence electrons. The minimum absolute atomic E-state index is 0.948. The van der Waals surface area contributed by atoms with Gasteiger partial charge in [-0.1, -0.05) is 47.5 Å². The minimum Gasteiger partial charge on any atom is -0.0654 e. The van der Waals surface area contributed by atoms with E-state index in [1.165, 1.54) is 19.3 Å². The van der Waals surface area contributed by atoms with Gasteiger partial charge in [0.1, 0.15) is 0 Å². The first-order valence-corrected chi connectivity index (χ1v) is 6.07. The van der Waals surface area contributed by atoms with Crippen molar-refractivity contribution in [2.45, 2.75) is 53.9 Å². The largest absolute Gasteiger partial charge is 0.0654 e. The molecular formula is C13H26. The molecule has 0 nitrogen and oxygen atoms in total. The van der Waals surface area contributed by atoms with Gasteiger partial charge in [-0.05, 0) is 36.0 Å². The summed E-state index contributed by atoms with van der Waals surface area (Å²) in [7, 11) is 0. The molecule has 5 atom stereocenters. The fourth-order valence-electron chi connectivity index (χ4n) is 3.19. The molecule has 0 aliphatic heterocycles. The van der Waals surface area contributed by atoms with Crippen molar-refractivity contribution in [2.75, 3.05) is 0 Å². The molecule has 5 unspecified atom stereocenters. The fraction of sp³-hybridized carbons (Fsp3) is 1.00. The Kier molecular flexibility index (Phi) is 3.82.